The van der Waals surface area contributed by atoms with E-state index >= 15 is 0 Å². The minimum Gasteiger partial charge on any atom is -0.505 e. The van der Waals surface area contributed by atoms with Crippen LogP contribution in [-0.2, 0) is 4.79 Å². The van der Waals surface area contributed by atoms with Crippen LogP contribution in [0.15, 0.2) is 52.1 Å². The van der Waals surface area contributed by atoms with Crippen LogP contribution in [0.2, 0.25) is 0 Å². The second-order valence-corrected chi connectivity index (χ2v) is 9.64. The zero-order valence-electron chi connectivity index (χ0n) is 20.8. The highest BCUT2D eigenvalue weighted by atomic mass is 16.3. The quantitative estimate of drug-likeness (QED) is 0.402. The van der Waals surface area contributed by atoms with Crippen molar-refractivity contribution >= 4 is 28.9 Å². The van der Waals surface area contributed by atoms with Gasteiger partial charge in [0.1, 0.15) is 11.4 Å². The molecule has 0 radical (unpaired) electrons. The number of piperazine rings is 1. The SMILES string of the molecule is CC[C@@H](Nc1c(Nc2cccc(C(=O)N3CCN(C(C)=O)CC3)c2O)c(=O)c1=O)C1(C)C=CC=CC1. The molecular weight excluding hydrogens is 460 g/mol. The Morgan fingerprint density at radius 3 is 2.33 bits per heavy atom. The first-order valence-electron chi connectivity index (χ1n) is 12.2. The van der Waals surface area contributed by atoms with Crippen molar-refractivity contribution in [3.05, 3.63) is 68.5 Å². The van der Waals surface area contributed by atoms with Crippen LogP contribution in [0.4, 0.5) is 17.1 Å². The van der Waals surface area contributed by atoms with E-state index in [-0.39, 0.29) is 51.6 Å². The molecule has 36 heavy (non-hydrogen) atoms. The van der Waals surface area contributed by atoms with Crippen LogP contribution in [0.5, 0.6) is 5.75 Å². The Hall–Kier alpha value is -3.88. The maximum absolute atomic E-state index is 13.1. The summed E-state index contributed by atoms with van der Waals surface area (Å²) in [6.07, 6.45) is 9.68. The third-order valence-corrected chi connectivity index (χ3v) is 7.25. The number of allylic oxidation sites excluding steroid dienone is 3. The zero-order chi connectivity index (χ0) is 26.0. The second-order valence-electron chi connectivity index (χ2n) is 9.64. The summed E-state index contributed by atoms with van der Waals surface area (Å²) in [5.41, 5.74) is -0.986. The van der Waals surface area contributed by atoms with Crippen molar-refractivity contribution < 1.29 is 14.7 Å². The van der Waals surface area contributed by atoms with Gasteiger partial charge < -0.3 is 25.5 Å². The van der Waals surface area contributed by atoms with Gasteiger partial charge in [0.2, 0.25) is 5.91 Å². The van der Waals surface area contributed by atoms with E-state index in [9.17, 15) is 24.3 Å². The van der Waals surface area contributed by atoms with E-state index < -0.39 is 10.9 Å². The molecule has 1 unspecified atom stereocenters. The van der Waals surface area contributed by atoms with Crippen LogP contribution in [0.1, 0.15) is 44.0 Å². The average Bonchev–Trinajstić information content (AvgIpc) is 2.88. The lowest BCUT2D eigenvalue weighted by Crippen LogP contribution is -2.50. The molecule has 2 amide bonds. The molecule has 1 heterocycles. The maximum atomic E-state index is 13.1. The largest absolute Gasteiger partial charge is 0.505 e. The number of hydrogen-bond donors (Lipinski definition) is 3. The number of hydrogen-bond acceptors (Lipinski definition) is 7. The summed E-state index contributed by atoms with van der Waals surface area (Å²) in [5.74, 6) is -0.697. The van der Waals surface area contributed by atoms with E-state index in [1.807, 2.05) is 19.1 Å². The lowest BCUT2D eigenvalue weighted by Gasteiger charge is -2.37. The van der Waals surface area contributed by atoms with E-state index in [0.717, 1.165) is 12.8 Å². The number of aromatic hydroxyl groups is 1. The third kappa shape index (κ3) is 4.65. The molecule has 2 aromatic carbocycles. The van der Waals surface area contributed by atoms with Gasteiger partial charge in [-0.25, -0.2) is 0 Å². The smallest absolute Gasteiger partial charge is 0.257 e. The van der Waals surface area contributed by atoms with Crippen molar-refractivity contribution in [3.8, 4) is 5.75 Å². The van der Waals surface area contributed by atoms with Crippen molar-refractivity contribution in [2.24, 2.45) is 5.41 Å². The molecule has 2 atom stereocenters. The number of amides is 2. The van der Waals surface area contributed by atoms with Gasteiger partial charge in [-0.1, -0.05) is 44.2 Å². The van der Waals surface area contributed by atoms with Gasteiger partial charge in [-0.3, -0.25) is 19.2 Å². The van der Waals surface area contributed by atoms with Crippen molar-refractivity contribution in [1.29, 1.82) is 0 Å². The standard InChI is InChI=1S/C27H32N4O5/c1-4-20(27(3)11-6-5-7-12-27)29-22-21(24(34)25(22)35)28-19-10-8-9-18(23(19)33)26(36)31-15-13-30(14-16-31)17(2)32/h5-11,20,28-29,33H,4,12-16H2,1-3H3/t20-,27?/m1/s1. The summed E-state index contributed by atoms with van der Waals surface area (Å²) in [6.45, 7) is 7.20. The monoisotopic (exact) mass is 492 g/mol. The van der Waals surface area contributed by atoms with Crippen molar-refractivity contribution in [2.75, 3.05) is 36.8 Å². The number of carbonyl (C=O) groups is 2. The highest BCUT2D eigenvalue weighted by Gasteiger charge is 2.34. The van der Waals surface area contributed by atoms with Crippen LogP contribution in [-0.4, -0.2) is 58.9 Å². The van der Waals surface area contributed by atoms with Crippen LogP contribution >= 0.6 is 0 Å². The van der Waals surface area contributed by atoms with Gasteiger partial charge in [0, 0.05) is 44.6 Å². The summed E-state index contributed by atoms with van der Waals surface area (Å²) in [4.78, 5) is 52.8. The number of phenolic OH excluding ortho intramolecular Hbond substituents is 1. The number of anilines is 3. The van der Waals surface area contributed by atoms with E-state index in [4.69, 9.17) is 0 Å². The minimum absolute atomic E-state index is 0.0381. The molecule has 9 heteroatoms. The number of phenols is 1. The van der Waals surface area contributed by atoms with Gasteiger partial charge in [0.15, 0.2) is 5.75 Å². The number of para-hydroxylation sites is 1. The number of rotatable bonds is 7. The molecule has 4 rings (SSSR count). The van der Waals surface area contributed by atoms with Gasteiger partial charge in [0.05, 0.1) is 11.3 Å². The molecule has 2 aromatic rings. The number of carbonyl (C=O) groups excluding carboxylic acids is 2. The molecule has 0 bridgehead atoms. The normalized spacial score (nSPS) is 20.4. The van der Waals surface area contributed by atoms with Crippen LogP contribution in [0, 0.1) is 5.41 Å². The summed E-state index contributed by atoms with van der Waals surface area (Å²) in [5, 5.41) is 17.0. The first kappa shape index (κ1) is 25.2. The van der Waals surface area contributed by atoms with Gasteiger partial charge in [0.25, 0.3) is 16.8 Å². The molecule has 0 spiro atoms. The number of nitrogens with zero attached hydrogens (tertiary/aromatic N) is 2. The lowest BCUT2D eigenvalue weighted by atomic mass is 9.75. The van der Waals surface area contributed by atoms with E-state index in [1.54, 1.807) is 21.9 Å². The predicted molar refractivity (Wildman–Crippen MR) is 140 cm³/mol. The molecule has 2 aliphatic rings. The molecule has 9 nitrogen and oxygen atoms in total. The predicted octanol–water partition coefficient (Wildman–Crippen LogP) is 2.75. The van der Waals surface area contributed by atoms with Crippen molar-refractivity contribution in [1.82, 2.24) is 9.80 Å². The van der Waals surface area contributed by atoms with E-state index in [1.165, 1.54) is 13.0 Å². The fraction of sp³-hybridized carbons (Fsp3) is 0.407. The van der Waals surface area contributed by atoms with Crippen LogP contribution < -0.4 is 21.5 Å². The third-order valence-electron chi connectivity index (χ3n) is 7.25. The summed E-state index contributed by atoms with van der Waals surface area (Å²) >= 11 is 0. The Morgan fingerprint density at radius 2 is 1.72 bits per heavy atom. The lowest BCUT2D eigenvalue weighted by molar-refractivity contribution is -0.130. The van der Waals surface area contributed by atoms with Crippen molar-refractivity contribution in [2.45, 2.75) is 39.7 Å². The maximum Gasteiger partial charge on any atom is 0.257 e. The molecule has 0 aromatic heterocycles. The van der Waals surface area contributed by atoms with E-state index in [0.29, 0.717) is 26.2 Å². The first-order valence-corrected chi connectivity index (χ1v) is 12.2. The molecule has 3 N–H and O–H groups in total. The number of benzene rings is 1. The Bertz CT molecular complexity index is 1300. The minimum atomic E-state index is -0.673. The Morgan fingerprint density at radius 1 is 1.06 bits per heavy atom. The van der Waals surface area contributed by atoms with Crippen LogP contribution in [0.25, 0.3) is 0 Å². The summed E-state index contributed by atoms with van der Waals surface area (Å²) < 4.78 is 0. The van der Waals surface area contributed by atoms with Gasteiger partial charge in [-0.05, 0) is 25.0 Å². The summed E-state index contributed by atoms with van der Waals surface area (Å²) in [6, 6.07) is 4.58. The second kappa shape index (κ2) is 10.0. The fourth-order valence-corrected chi connectivity index (χ4v) is 4.90. The topological polar surface area (TPSA) is 119 Å². The Kier molecular flexibility index (Phi) is 7.01. The van der Waals surface area contributed by atoms with Gasteiger partial charge in [-0.15, -0.1) is 0 Å². The van der Waals surface area contributed by atoms with Crippen LogP contribution in [0.3, 0.4) is 0 Å². The highest BCUT2D eigenvalue weighted by Crippen LogP contribution is 2.37. The number of nitrogens with one attached hydrogen (secondary N) is 2. The molecule has 1 aliphatic carbocycles. The molecular formula is C27H32N4O5. The fourth-order valence-electron chi connectivity index (χ4n) is 4.90. The molecule has 1 fully saturated rings. The molecule has 0 saturated carbocycles. The average molecular weight is 493 g/mol. The van der Waals surface area contributed by atoms with Crippen molar-refractivity contribution in [3.63, 3.8) is 0 Å². The molecule has 1 aliphatic heterocycles. The Balaban J connectivity index is 1.53. The molecule has 1 saturated heterocycles. The zero-order valence-corrected chi connectivity index (χ0v) is 20.8. The van der Waals surface area contributed by atoms with Gasteiger partial charge in [-0.2, -0.15) is 0 Å². The first-order chi connectivity index (χ1) is 17.2. The molecule has 190 valence electrons. The van der Waals surface area contributed by atoms with Gasteiger partial charge >= 0.3 is 0 Å². The highest BCUT2D eigenvalue weighted by molar-refractivity contribution is 5.99. The van der Waals surface area contributed by atoms with E-state index in [2.05, 4.69) is 29.7 Å². The Labute approximate surface area is 209 Å². The summed E-state index contributed by atoms with van der Waals surface area (Å²) in [7, 11) is 0.